The first-order valence-electron chi connectivity index (χ1n) is 8.15. The second kappa shape index (κ2) is 6.07. The molecule has 1 aliphatic rings. The van der Waals surface area contributed by atoms with Gasteiger partial charge in [-0.15, -0.1) is 11.3 Å². The number of amides is 1. The number of aryl methyl sites for hydroxylation is 2. The van der Waals surface area contributed by atoms with Crippen LogP contribution < -0.4 is 10.9 Å². The van der Waals surface area contributed by atoms with Crippen molar-refractivity contribution in [2.24, 2.45) is 0 Å². The fraction of sp³-hybridized carbons (Fsp3) is 0.278. The Labute approximate surface area is 147 Å². The van der Waals surface area contributed by atoms with Gasteiger partial charge >= 0.3 is 0 Å². The van der Waals surface area contributed by atoms with E-state index in [9.17, 15) is 14.0 Å². The van der Waals surface area contributed by atoms with Gasteiger partial charge in [-0.25, -0.2) is 9.37 Å². The lowest BCUT2D eigenvalue weighted by Crippen LogP contribution is -2.28. The van der Waals surface area contributed by atoms with Gasteiger partial charge in [0.2, 0.25) is 0 Å². The lowest BCUT2D eigenvalue weighted by atomic mass is 10.1. The maximum atomic E-state index is 13.8. The van der Waals surface area contributed by atoms with Gasteiger partial charge in [-0.1, -0.05) is 12.1 Å². The minimum absolute atomic E-state index is 0.0848. The van der Waals surface area contributed by atoms with Crippen molar-refractivity contribution in [3.05, 3.63) is 56.7 Å². The van der Waals surface area contributed by atoms with Gasteiger partial charge in [0.1, 0.15) is 16.5 Å². The monoisotopic (exact) mass is 357 g/mol. The van der Waals surface area contributed by atoms with Gasteiger partial charge in [0.15, 0.2) is 0 Å². The minimum Gasteiger partial charge on any atom is -0.319 e. The number of aromatic nitrogens is 2. The summed E-state index contributed by atoms with van der Waals surface area (Å²) in [5.41, 5.74) is 0.638. The van der Waals surface area contributed by atoms with Crippen molar-refractivity contribution < 1.29 is 9.18 Å². The van der Waals surface area contributed by atoms with Gasteiger partial charge in [-0.2, -0.15) is 0 Å². The molecule has 0 bridgehead atoms. The van der Waals surface area contributed by atoms with Crippen molar-refractivity contribution in [2.45, 2.75) is 32.7 Å². The third-order valence-corrected chi connectivity index (χ3v) is 5.67. The third-order valence-electron chi connectivity index (χ3n) is 4.49. The standard InChI is InChI=1S/C18H16FN3O2S/c1-10-14-17(21-13-8-4-5-9-22(13)18(14)24)25-15(10)16(23)20-12-7-3-2-6-11(12)19/h2-3,6-7H,4-5,8-9H2,1H3,(H,20,23). The second-order valence-electron chi connectivity index (χ2n) is 6.11. The van der Waals surface area contributed by atoms with Gasteiger partial charge in [-0.05, 0) is 37.5 Å². The summed E-state index contributed by atoms with van der Waals surface area (Å²) in [6.07, 6.45) is 2.76. The number of halogens is 1. The van der Waals surface area contributed by atoms with Crippen LogP contribution in [0.1, 0.15) is 33.9 Å². The van der Waals surface area contributed by atoms with E-state index in [1.54, 1.807) is 23.6 Å². The molecule has 4 rings (SSSR count). The molecule has 0 atom stereocenters. The van der Waals surface area contributed by atoms with Crippen molar-refractivity contribution in [3.63, 3.8) is 0 Å². The molecule has 0 radical (unpaired) electrons. The van der Waals surface area contributed by atoms with Crippen LogP contribution in [0.2, 0.25) is 0 Å². The molecule has 5 nitrogen and oxygen atoms in total. The number of nitrogens with one attached hydrogen (secondary N) is 1. The number of carbonyl (C=O) groups is 1. The van der Waals surface area contributed by atoms with Gasteiger partial charge in [-0.3, -0.25) is 14.2 Å². The van der Waals surface area contributed by atoms with Crippen LogP contribution in [-0.4, -0.2) is 15.5 Å². The molecule has 2 aromatic heterocycles. The first-order chi connectivity index (χ1) is 12.1. The topological polar surface area (TPSA) is 64.0 Å². The minimum atomic E-state index is -0.497. The molecule has 7 heteroatoms. The van der Waals surface area contributed by atoms with E-state index >= 15 is 0 Å². The normalized spacial score (nSPS) is 13.7. The van der Waals surface area contributed by atoms with Crippen molar-refractivity contribution in [3.8, 4) is 0 Å². The molecule has 0 saturated carbocycles. The molecule has 3 heterocycles. The summed E-state index contributed by atoms with van der Waals surface area (Å²) < 4.78 is 15.5. The first-order valence-corrected chi connectivity index (χ1v) is 8.96. The van der Waals surface area contributed by atoms with Crippen molar-refractivity contribution in [1.29, 1.82) is 0 Å². The molecule has 1 aliphatic heterocycles. The quantitative estimate of drug-likeness (QED) is 0.763. The number of benzene rings is 1. The molecule has 0 unspecified atom stereocenters. The van der Waals surface area contributed by atoms with Crippen LogP contribution in [0.25, 0.3) is 10.2 Å². The number of nitrogens with zero attached hydrogens (tertiary/aromatic N) is 2. The van der Waals surface area contributed by atoms with Crippen LogP contribution in [0, 0.1) is 12.7 Å². The van der Waals surface area contributed by atoms with Crippen LogP contribution >= 0.6 is 11.3 Å². The number of anilines is 1. The molecule has 25 heavy (non-hydrogen) atoms. The average molecular weight is 357 g/mol. The molecule has 0 saturated heterocycles. The number of carbonyl (C=O) groups excluding carboxylic acids is 1. The van der Waals surface area contributed by atoms with E-state index in [0.29, 0.717) is 27.2 Å². The molecule has 0 aliphatic carbocycles. The molecule has 0 spiro atoms. The predicted molar refractivity (Wildman–Crippen MR) is 95.9 cm³/mol. The first kappa shape index (κ1) is 16.0. The van der Waals surface area contributed by atoms with E-state index in [0.717, 1.165) is 25.1 Å². The summed E-state index contributed by atoms with van der Waals surface area (Å²) in [5, 5.41) is 3.07. The highest BCUT2D eigenvalue weighted by Crippen LogP contribution is 2.29. The number of thiophene rings is 1. The molecule has 128 valence electrons. The maximum absolute atomic E-state index is 13.8. The van der Waals surface area contributed by atoms with E-state index in [1.807, 2.05) is 0 Å². The number of hydrogen-bond donors (Lipinski definition) is 1. The molecule has 1 N–H and O–H groups in total. The predicted octanol–water partition coefficient (Wildman–Crippen LogP) is 3.49. The lowest BCUT2D eigenvalue weighted by Gasteiger charge is -2.16. The van der Waals surface area contributed by atoms with Crippen molar-refractivity contribution in [1.82, 2.24) is 9.55 Å². The number of para-hydroxylation sites is 1. The summed E-state index contributed by atoms with van der Waals surface area (Å²) in [4.78, 5) is 30.9. The highest BCUT2D eigenvalue weighted by atomic mass is 32.1. The van der Waals surface area contributed by atoms with Gasteiger partial charge in [0.25, 0.3) is 11.5 Å². The van der Waals surface area contributed by atoms with Gasteiger partial charge in [0.05, 0.1) is 16.0 Å². The Morgan fingerprint density at radius 3 is 2.92 bits per heavy atom. The maximum Gasteiger partial charge on any atom is 0.266 e. The summed E-state index contributed by atoms with van der Waals surface area (Å²) in [7, 11) is 0. The van der Waals surface area contributed by atoms with Gasteiger partial charge < -0.3 is 5.32 Å². The molecule has 3 aromatic rings. The summed E-state index contributed by atoms with van der Waals surface area (Å²) in [6.45, 7) is 2.41. The van der Waals surface area contributed by atoms with Crippen LogP contribution in [-0.2, 0) is 13.0 Å². The molecule has 0 fully saturated rings. The third kappa shape index (κ3) is 2.64. The zero-order valence-electron chi connectivity index (χ0n) is 13.6. The molecule has 1 amide bonds. The summed E-state index contributed by atoms with van der Waals surface area (Å²) in [6, 6.07) is 6.00. The van der Waals surface area contributed by atoms with Crippen molar-refractivity contribution in [2.75, 3.05) is 5.32 Å². The molecule has 1 aromatic carbocycles. The molecular formula is C18H16FN3O2S. The summed E-state index contributed by atoms with van der Waals surface area (Å²) in [5.74, 6) is -0.137. The Morgan fingerprint density at radius 2 is 2.12 bits per heavy atom. The lowest BCUT2D eigenvalue weighted by molar-refractivity contribution is 0.102. The van der Waals surface area contributed by atoms with E-state index in [4.69, 9.17) is 0 Å². The fourth-order valence-corrected chi connectivity index (χ4v) is 4.28. The van der Waals surface area contributed by atoms with E-state index in [-0.39, 0.29) is 11.2 Å². The van der Waals surface area contributed by atoms with Gasteiger partial charge in [0, 0.05) is 13.0 Å². The number of rotatable bonds is 2. The Bertz CT molecular complexity index is 1050. The Hall–Kier alpha value is -2.54. The zero-order chi connectivity index (χ0) is 17.6. The van der Waals surface area contributed by atoms with Crippen LogP contribution in [0.4, 0.5) is 10.1 Å². The fourth-order valence-electron chi connectivity index (χ4n) is 3.19. The Balaban J connectivity index is 1.79. The Kier molecular flexibility index (Phi) is 3.88. The number of hydrogen-bond acceptors (Lipinski definition) is 4. The highest BCUT2D eigenvalue weighted by molar-refractivity contribution is 7.20. The average Bonchev–Trinajstić information content (AvgIpc) is 2.94. The van der Waals surface area contributed by atoms with Crippen molar-refractivity contribution >= 4 is 33.1 Å². The van der Waals surface area contributed by atoms with E-state index < -0.39 is 11.7 Å². The van der Waals surface area contributed by atoms with Crippen LogP contribution in [0.15, 0.2) is 29.1 Å². The highest BCUT2D eigenvalue weighted by Gasteiger charge is 2.23. The smallest absolute Gasteiger partial charge is 0.266 e. The van der Waals surface area contributed by atoms with Crippen LogP contribution in [0.3, 0.4) is 0 Å². The largest absolute Gasteiger partial charge is 0.319 e. The number of fused-ring (bicyclic) bond motifs is 2. The van der Waals surface area contributed by atoms with Crippen LogP contribution in [0.5, 0.6) is 0 Å². The summed E-state index contributed by atoms with van der Waals surface area (Å²) >= 11 is 1.19. The van der Waals surface area contributed by atoms with E-state index in [2.05, 4.69) is 10.3 Å². The zero-order valence-corrected chi connectivity index (χ0v) is 14.5. The second-order valence-corrected chi connectivity index (χ2v) is 7.11. The SMILES string of the molecule is Cc1c(C(=O)Nc2ccccc2F)sc2nc3n(c(=O)c12)CCCC3. The van der Waals surface area contributed by atoms with E-state index in [1.165, 1.54) is 23.5 Å². The Morgan fingerprint density at radius 1 is 1.32 bits per heavy atom. The molecular weight excluding hydrogens is 341 g/mol.